The Kier molecular flexibility index (Phi) is 23.7. The van der Waals surface area contributed by atoms with Crippen LogP contribution in [0.3, 0.4) is 0 Å². The van der Waals surface area contributed by atoms with Crippen LogP contribution in [0.4, 0.5) is 0 Å². The average Bonchev–Trinajstić information content (AvgIpc) is 2.34. The van der Waals surface area contributed by atoms with E-state index in [1.165, 1.54) is 0 Å². The number of hydrogen-bond acceptors (Lipinski definition) is 6. The molecule has 2 unspecified atom stereocenters. The van der Waals surface area contributed by atoms with Gasteiger partial charge in [0, 0.05) is 23.0 Å². The molecule has 0 aromatic rings. The average molecular weight is 389 g/mol. The molecule has 0 heterocycles. The van der Waals surface area contributed by atoms with Crippen molar-refractivity contribution < 1.29 is 47.1 Å². The third-order valence-corrected chi connectivity index (χ3v) is 7.85. The van der Waals surface area contributed by atoms with Crippen LogP contribution in [-0.2, 0) is 22.2 Å². The van der Waals surface area contributed by atoms with Gasteiger partial charge in [-0.2, -0.15) is 0 Å². The largest absolute Gasteiger partial charge is 1.00 e. The van der Waals surface area contributed by atoms with Crippen molar-refractivity contribution in [3.8, 4) is 0 Å². The molecule has 0 amide bonds. The van der Waals surface area contributed by atoms with Gasteiger partial charge in [0.25, 0.3) is 0 Å². The predicted molar refractivity (Wildman–Crippen MR) is 89.6 cm³/mol. The van der Waals surface area contributed by atoms with Gasteiger partial charge in [-0.25, -0.2) is 4.21 Å². The van der Waals surface area contributed by atoms with Gasteiger partial charge in [0.1, 0.15) is 0 Å². The van der Waals surface area contributed by atoms with Crippen molar-refractivity contribution in [2.45, 2.75) is 38.5 Å². The molecule has 0 saturated carbocycles. The van der Waals surface area contributed by atoms with Crippen molar-refractivity contribution in [3.63, 3.8) is 0 Å². The molecule has 0 radical (unpaired) electrons. The zero-order chi connectivity index (χ0) is 14.3. The van der Waals surface area contributed by atoms with E-state index in [0.717, 1.165) is 50.0 Å². The van der Waals surface area contributed by atoms with Gasteiger partial charge >= 0.3 is 29.6 Å². The van der Waals surface area contributed by atoms with E-state index in [-0.39, 0.29) is 35.3 Å². The van der Waals surface area contributed by atoms with Gasteiger partial charge in [0.2, 0.25) is 0 Å². The summed E-state index contributed by atoms with van der Waals surface area (Å²) in [7, 11) is 5.43. The molecule has 0 aliphatic carbocycles. The maximum absolute atomic E-state index is 10.4. The Bertz CT molecular complexity index is 234. The summed E-state index contributed by atoms with van der Waals surface area (Å²) in [5.74, 6) is 2.81. The van der Waals surface area contributed by atoms with Crippen LogP contribution in [0.5, 0.6) is 0 Å². The summed E-state index contributed by atoms with van der Waals surface area (Å²) < 4.78 is 39.5. The molecule has 20 heavy (non-hydrogen) atoms. The van der Waals surface area contributed by atoms with Gasteiger partial charge < -0.3 is 9.11 Å². The molecule has 4 nitrogen and oxygen atoms in total. The number of rotatable bonds is 14. The fraction of sp³-hybridized carbons (Fsp3) is 1.00. The maximum atomic E-state index is 10.4. The van der Waals surface area contributed by atoms with Crippen LogP contribution >= 0.6 is 31.4 Å². The molecule has 116 valence electrons. The van der Waals surface area contributed by atoms with Crippen molar-refractivity contribution in [3.05, 3.63) is 0 Å². The van der Waals surface area contributed by atoms with E-state index in [2.05, 4.69) is 0 Å². The van der Waals surface area contributed by atoms with Crippen LogP contribution in [0, 0.1) is 0 Å². The molecule has 1 N–H and O–H groups in total. The molecule has 0 aliphatic heterocycles. The Morgan fingerprint density at radius 1 is 0.850 bits per heavy atom. The maximum Gasteiger partial charge on any atom is 1.00 e. The van der Waals surface area contributed by atoms with Crippen molar-refractivity contribution in [2.75, 3.05) is 23.0 Å². The zero-order valence-electron chi connectivity index (χ0n) is 11.8. The molecule has 0 saturated heterocycles. The molecular formula is C10H21NaO4S5. The minimum atomic E-state index is -1.88. The fourth-order valence-corrected chi connectivity index (χ4v) is 6.12. The first-order chi connectivity index (χ1) is 9.13. The first-order valence-electron chi connectivity index (χ1n) is 6.17. The normalized spacial score (nSPS) is 13.7. The van der Waals surface area contributed by atoms with Gasteiger partial charge in [-0.3, -0.25) is 4.21 Å². The summed E-state index contributed by atoms with van der Waals surface area (Å²) in [6.07, 6.45) is 5.73. The first-order valence-corrected chi connectivity index (χ1v) is 12.5. The molecule has 0 fully saturated rings. The second kappa shape index (κ2) is 19.3. The predicted octanol–water partition coefficient (Wildman–Crippen LogP) is 0.461. The van der Waals surface area contributed by atoms with Gasteiger partial charge in [-0.15, -0.1) is 0 Å². The van der Waals surface area contributed by atoms with E-state index in [9.17, 15) is 13.0 Å². The quantitative estimate of drug-likeness (QED) is 0.200. The van der Waals surface area contributed by atoms with Crippen molar-refractivity contribution in [1.29, 1.82) is 0 Å². The number of unbranched alkanes of at least 4 members (excludes halogenated alkanes) is 4. The molecule has 0 aliphatic rings. The Morgan fingerprint density at radius 2 is 1.35 bits per heavy atom. The molecule has 0 aromatic carbocycles. The van der Waals surface area contributed by atoms with Gasteiger partial charge in [-0.1, -0.05) is 45.5 Å². The van der Waals surface area contributed by atoms with Gasteiger partial charge in [0.15, 0.2) is 11.1 Å². The number of hydrogen-bond donors (Lipinski definition) is 1. The molecule has 0 spiro atoms. The van der Waals surface area contributed by atoms with Crippen LogP contribution in [0.15, 0.2) is 0 Å². The third kappa shape index (κ3) is 22.5. The summed E-state index contributed by atoms with van der Waals surface area (Å²) in [5, 5.41) is 0. The Labute approximate surface area is 160 Å². The van der Waals surface area contributed by atoms with E-state index < -0.39 is 22.2 Å². The van der Waals surface area contributed by atoms with Crippen LogP contribution in [0.2, 0.25) is 0 Å². The molecule has 0 aromatic heterocycles. The van der Waals surface area contributed by atoms with E-state index in [4.69, 9.17) is 4.55 Å². The summed E-state index contributed by atoms with van der Waals surface area (Å²) in [6.45, 7) is 0. The topological polar surface area (TPSA) is 77.4 Å². The Balaban J connectivity index is 0. The van der Waals surface area contributed by atoms with E-state index in [1.54, 1.807) is 9.83 Å². The van der Waals surface area contributed by atoms with E-state index in [1.807, 2.05) is 21.6 Å². The van der Waals surface area contributed by atoms with E-state index in [0.29, 0.717) is 5.75 Å². The second-order valence-electron chi connectivity index (χ2n) is 3.87. The molecule has 2 atom stereocenters. The molecule has 10 heteroatoms. The summed E-state index contributed by atoms with van der Waals surface area (Å²) in [5.41, 5.74) is 0. The summed E-state index contributed by atoms with van der Waals surface area (Å²) in [6, 6.07) is 0. The monoisotopic (exact) mass is 388 g/mol. The van der Waals surface area contributed by atoms with Crippen molar-refractivity contribution in [2.24, 2.45) is 0 Å². The third-order valence-electron chi connectivity index (χ3n) is 2.18. The fourth-order valence-electron chi connectivity index (χ4n) is 1.22. The Morgan fingerprint density at radius 3 is 1.80 bits per heavy atom. The van der Waals surface area contributed by atoms with E-state index >= 15 is 0 Å². The van der Waals surface area contributed by atoms with Crippen LogP contribution in [0.25, 0.3) is 0 Å². The van der Waals surface area contributed by atoms with Crippen LogP contribution < -0.4 is 29.6 Å². The second-order valence-corrected chi connectivity index (χ2v) is 10.4. The first kappa shape index (κ1) is 24.5. The van der Waals surface area contributed by atoms with Crippen LogP contribution in [-0.4, -0.2) is 40.5 Å². The minimum absolute atomic E-state index is 0. The van der Waals surface area contributed by atoms with Gasteiger partial charge in [-0.05, 0) is 35.5 Å². The standard InChI is InChI=1S/C10H22O4S5.Na/c11-18(12)9-5-1-3-7-15-17-16-8-4-2-6-10-19(13)14;/h1-10H2,(H,11,12)(H,13,14);/q;+1/p-1. The molecular weight excluding hydrogens is 367 g/mol. The zero-order valence-corrected chi connectivity index (χ0v) is 17.9. The smallest absolute Gasteiger partial charge is 0.772 e. The molecule has 0 bridgehead atoms. The van der Waals surface area contributed by atoms with Gasteiger partial charge in [0.05, 0.1) is 0 Å². The SMILES string of the molecule is O=S([O-])CCCCCSSSCCCCCS(=O)O.[Na+]. The van der Waals surface area contributed by atoms with Crippen molar-refractivity contribution >= 4 is 53.6 Å². The summed E-state index contributed by atoms with van der Waals surface area (Å²) >= 11 is -3.52. The molecule has 0 rings (SSSR count). The van der Waals surface area contributed by atoms with Crippen LogP contribution in [0.1, 0.15) is 38.5 Å². The van der Waals surface area contributed by atoms with Crippen molar-refractivity contribution in [1.82, 2.24) is 0 Å². The minimum Gasteiger partial charge on any atom is -0.772 e. The Hall–Kier alpha value is 2.27. The summed E-state index contributed by atoms with van der Waals surface area (Å²) in [4.78, 5) is 0.